The van der Waals surface area contributed by atoms with Crippen LogP contribution in [0.25, 0.3) is 0 Å². The van der Waals surface area contributed by atoms with E-state index in [-0.39, 0.29) is 5.91 Å². The molecule has 1 amide bonds. The van der Waals surface area contributed by atoms with Gasteiger partial charge in [-0.1, -0.05) is 12.1 Å². The van der Waals surface area contributed by atoms with Crippen molar-refractivity contribution in [1.29, 1.82) is 0 Å². The first-order valence-corrected chi connectivity index (χ1v) is 7.66. The minimum absolute atomic E-state index is 0.309. The molecule has 0 aliphatic heterocycles. The van der Waals surface area contributed by atoms with Crippen molar-refractivity contribution in [2.45, 2.75) is 0 Å². The third-order valence-corrected chi connectivity index (χ3v) is 3.43. The topological polar surface area (TPSA) is 88.0 Å². The van der Waals surface area contributed by atoms with Gasteiger partial charge in [-0.25, -0.2) is 10.2 Å². The number of hydrazone groups is 1. The van der Waals surface area contributed by atoms with E-state index in [1.807, 2.05) is 12.1 Å². The molecule has 0 aliphatic rings. The summed E-state index contributed by atoms with van der Waals surface area (Å²) in [5, 5.41) is 12.5. The lowest BCUT2D eigenvalue weighted by atomic mass is 10.2. The van der Waals surface area contributed by atoms with Gasteiger partial charge in [-0.15, -0.1) is 0 Å². The second-order valence-corrected chi connectivity index (χ2v) is 5.71. The molecule has 23 heavy (non-hydrogen) atoms. The molecule has 0 bridgehead atoms. The van der Waals surface area contributed by atoms with E-state index in [9.17, 15) is 9.59 Å². The van der Waals surface area contributed by atoms with Gasteiger partial charge in [-0.2, -0.15) is 5.10 Å². The van der Waals surface area contributed by atoms with Crippen molar-refractivity contribution in [2.75, 3.05) is 6.61 Å². The fourth-order valence-electron chi connectivity index (χ4n) is 1.66. The lowest BCUT2D eigenvalue weighted by molar-refractivity contribution is -0.139. The highest BCUT2D eigenvalue weighted by Gasteiger charge is 2.03. The second-order valence-electron chi connectivity index (χ2n) is 4.46. The number of halogens is 1. The highest BCUT2D eigenvalue weighted by atomic mass is 127. The van der Waals surface area contributed by atoms with Crippen LogP contribution in [0.4, 0.5) is 0 Å². The summed E-state index contributed by atoms with van der Waals surface area (Å²) in [5.74, 6) is -0.940. The minimum Gasteiger partial charge on any atom is -0.482 e. The molecule has 0 unspecified atom stereocenters. The number of aliphatic carboxylic acids is 1. The summed E-state index contributed by atoms with van der Waals surface area (Å²) in [7, 11) is 0. The van der Waals surface area contributed by atoms with Crippen molar-refractivity contribution < 1.29 is 19.4 Å². The Balaban J connectivity index is 1.94. The first-order chi connectivity index (χ1) is 11.0. The number of hydrogen-bond donors (Lipinski definition) is 2. The average Bonchev–Trinajstić information content (AvgIpc) is 2.54. The summed E-state index contributed by atoms with van der Waals surface area (Å²) in [5.41, 5.74) is 3.62. The van der Waals surface area contributed by atoms with Crippen molar-refractivity contribution in [3.05, 3.63) is 63.2 Å². The van der Waals surface area contributed by atoms with Crippen LogP contribution in [0.5, 0.6) is 5.75 Å². The van der Waals surface area contributed by atoms with Crippen LogP contribution in [0.15, 0.2) is 53.6 Å². The van der Waals surface area contributed by atoms with Crippen molar-refractivity contribution >= 4 is 40.7 Å². The maximum absolute atomic E-state index is 11.9. The van der Waals surface area contributed by atoms with E-state index in [1.165, 1.54) is 6.21 Å². The van der Waals surface area contributed by atoms with E-state index in [2.05, 4.69) is 33.1 Å². The van der Waals surface area contributed by atoms with Crippen LogP contribution in [0, 0.1) is 3.57 Å². The molecule has 118 valence electrons. The van der Waals surface area contributed by atoms with Crippen LogP contribution in [0.3, 0.4) is 0 Å². The molecule has 6 nitrogen and oxygen atoms in total. The van der Waals surface area contributed by atoms with Crippen LogP contribution >= 0.6 is 22.6 Å². The zero-order valence-electron chi connectivity index (χ0n) is 11.9. The number of hydrogen-bond acceptors (Lipinski definition) is 4. The summed E-state index contributed by atoms with van der Waals surface area (Å²) in [6, 6.07) is 13.8. The van der Waals surface area contributed by atoms with Gasteiger partial charge in [0.15, 0.2) is 6.61 Å². The van der Waals surface area contributed by atoms with E-state index in [4.69, 9.17) is 9.84 Å². The molecule has 7 heteroatoms. The molecular weight excluding hydrogens is 411 g/mol. The fourth-order valence-corrected chi connectivity index (χ4v) is 2.02. The first kappa shape index (κ1) is 16.9. The Morgan fingerprint density at radius 3 is 2.65 bits per heavy atom. The molecule has 2 rings (SSSR count). The van der Waals surface area contributed by atoms with Gasteiger partial charge >= 0.3 is 5.97 Å². The number of rotatable bonds is 6. The molecule has 0 radical (unpaired) electrons. The number of carboxylic acid groups (broad SMARTS) is 1. The molecule has 2 aromatic carbocycles. The van der Waals surface area contributed by atoms with Gasteiger partial charge < -0.3 is 9.84 Å². The predicted molar refractivity (Wildman–Crippen MR) is 93.8 cm³/mol. The van der Waals surface area contributed by atoms with Crippen LogP contribution in [-0.4, -0.2) is 29.8 Å². The Morgan fingerprint density at radius 2 is 1.96 bits per heavy atom. The third kappa shape index (κ3) is 5.70. The van der Waals surface area contributed by atoms with E-state index in [1.54, 1.807) is 36.4 Å². The minimum atomic E-state index is -1.05. The molecule has 0 aliphatic carbocycles. The highest BCUT2D eigenvalue weighted by Crippen LogP contribution is 2.12. The fraction of sp³-hybridized carbons (Fsp3) is 0.0625. The molecule has 0 saturated carbocycles. The molecular formula is C16H13IN2O4. The van der Waals surface area contributed by atoms with Crippen molar-refractivity contribution in [3.63, 3.8) is 0 Å². The number of carbonyl (C=O) groups excluding carboxylic acids is 1. The first-order valence-electron chi connectivity index (χ1n) is 6.58. The number of amides is 1. The standard InChI is InChI=1S/C16H13IN2O4/c17-13-6-4-12(5-7-13)16(22)19-18-9-11-2-1-3-14(8-11)23-10-15(20)21/h1-9H,10H2,(H,19,22)(H,20,21)/b18-9-. The van der Waals surface area contributed by atoms with Crippen LogP contribution < -0.4 is 10.2 Å². The van der Waals surface area contributed by atoms with Gasteiger partial charge in [0.2, 0.25) is 0 Å². The summed E-state index contributed by atoms with van der Waals surface area (Å²) >= 11 is 2.16. The smallest absolute Gasteiger partial charge is 0.341 e. The molecule has 2 N–H and O–H groups in total. The maximum atomic E-state index is 11.9. The number of nitrogens with zero attached hydrogens (tertiary/aromatic N) is 1. The predicted octanol–water partition coefficient (Wildman–Crippen LogP) is 2.52. The van der Waals surface area contributed by atoms with E-state index in [0.717, 1.165) is 3.57 Å². The summed E-state index contributed by atoms with van der Waals surface area (Å²) < 4.78 is 6.11. The van der Waals surface area contributed by atoms with Gasteiger partial charge in [0.25, 0.3) is 5.91 Å². The normalized spacial score (nSPS) is 10.5. The lowest BCUT2D eigenvalue weighted by Gasteiger charge is -2.03. The number of nitrogens with one attached hydrogen (secondary N) is 1. The SMILES string of the molecule is O=C(O)COc1cccc(/C=N\NC(=O)c2ccc(I)cc2)c1. The number of carbonyl (C=O) groups is 2. The maximum Gasteiger partial charge on any atom is 0.341 e. The zero-order chi connectivity index (χ0) is 16.7. The molecule has 0 aromatic heterocycles. The Kier molecular flexibility index (Phi) is 6.10. The lowest BCUT2D eigenvalue weighted by Crippen LogP contribution is -2.17. The number of carboxylic acids is 1. The molecule has 0 atom stereocenters. The Bertz CT molecular complexity index is 729. The highest BCUT2D eigenvalue weighted by molar-refractivity contribution is 14.1. The summed E-state index contributed by atoms with van der Waals surface area (Å²) in [6.45, 7) is -0.413. The average molecular weight is 424 g/mol. The monoisotopic (exact) mass is 424 g/mol. The third-order valence-electron chi connectivity index (χ3n) is 2.71. The number of ether oxygens (including phenoxy) is 1. The number of benzene rings is 2. The summed E-state index contributed by atoms with van der Waals surface area (Å²) in [4.78, 5) is 22.3. The van der Waals surface area contributed by atoms with E-state index in [0.29, 0.717) is 16.9 Å². The second kappa shape index (κ2) is 8.28. The van der Waals surface area contributed by atoms with Crippen molar-refractivity contribution in [3.8, 4) is 5.75 Å². The van der Waals surface area contributed by atoms with Crippen molar-refractivity contribution in [1.82, 2.24) is 5.43 Å². The largest absolute Gasteiger partial charge is 0.482 e. The molecule has 2 aromatic rings. The van der Waals surface area contributed by atoms with Gasteiger partial charge in [-0.05, 0) is 64.6 Å². The van der Waals surface area contributed by atoms with Crippen molar-refractivity contribution in [2.24, 2.45) is 5.10 Å². The van der Waals surface area contributed by atoms with Gasteiger partial charge in [-0.3, -0.25) is 4.79 Å². The molecule has 0 heterocycles. The Labute approximate surface area is 146 Å². The van der Waals surface area contributed by atoms with Gasteiger partial charge in [0.05, 0.1) is 6.21 Å². The van der Waals surface area contributed by atoms with Gasteiger partial charge in [0.1, 0.15) is 5.75 Å². The van der Waals surface area contributed by atoms with E-state index < -0.39 is 12.6 Å². The molecule has 0 saturated heterocycles. The zero-order valence-corrected chi connectivity index (χ0v) is 14.1. The molecule has 0 spiro atoms. The van der Waals surface area contributed by atoms with Gasteiger partial charge in [0, 0.05) is 9.13 Å². The molecule has 0 fully saturated rings. The van der Waals surface area contributed by atoms with Crippen LogP contribution in [0.1, 0.15) is 15.9 Å². The quantitative estimate of drug-likeness (QED) is 0.424. The van der Waals surface area contributed by atoms with Crippen LogP contribution in [0.2, 0.25) is 0 Å². The van der Waals surface area contributed by atoms with Crippen LogP contribution in [-0.2, 0) is 4.79 Å². The Morgan fingerprint density at radius 1 is 1.22 bits per heavy atom. The van der Waals surface area contributed by atoms with E-state index >= 15 is 0 Å². The summed E-state index contributed by atoms with van der Waals surface area (Å²) in [6.07, 6.45) is 1.46. The Hall–Kier alpha value is -2.42.